The average Bonchev–Trinajstić information content (AvgIpc) is 3.35. The molecule has 176 valence electrons. The monoisotopic (exact) mass is 467 g/mol. The smallest absolute Gasteiger partial charge is 0.272 e. The Morgan fingerprint density at radius 2 is 1.49 bits per heavy atom. The number of benzene rings is 3. The van der Waals surface area contributed by atoms with E-state index in [1.165, 1.54) is 12.1 Å². The number of aryl methyl sites for hydroxylation is 1. The quantitative estimate of drug-likeness (QED) is 0.313. The molecular weight excluding hydrogens is 442 g/mol. The van der Waals surface area contributed by atoms with Crippen molar-refractivity contribution in [3.05, 3.63) is 106 Å². The van der Waals surface area contributed by atoms with Gasteiger partial charge < -0.3 is 9.80 Å². The topological polar surface area (TPSA) is 84.5 Å². The van der Waals surface area contributed by atoms with Gasteiger partial charge in [-0.05, 0) is 37.3 Å². The molecule has 0 N–H and O–H groups in total. The summed E-state index contributed by atoms with van der Waals surface area (Å²) in [6, 6.07) is 26.2. The minimum atomic E-state index is -0.402. The van der Waals surface area contributed by atoms with Crippen molar-refractivity contribution in [3.63, 3.8) is 0 Å². The number of hydrogen-bond donors (Lipinski definition) is 0. The van der Waals surface area contributed by atoms with E-state index in [4.69, 9.17) is 5.10 Å². The van der Waals surface area contributed by atoms with E-state index in [-0.39, 0.29) is 11.6 Å². The van der Waals surface area contributed by atoms with Crippen molar-refractivity contribution < 1.29 is 9.72 Å². The van der Waals surface area contributed by atoms with Crippen LogP contribution in [0, 0.1) is 17.0 Å². The molecule has 3 aromatic carbocycles. The highest BCUT2D eigenvalue weighted by molar-refractivity contribution is 5.94. The highest BCUT2D eigenvalue weighted by Gasteiger charge is 2.26. The molecule has 5 rings (SSSR count). The van der Waals surface area contributed by atoms with Crippen LogP contribution in [0.25, 0.3) is 16.9 Å². The zero-order valence-corrected chi connectivity index (χ0v) is 19.4. The standard InChI is InChI=1S/C27H25N5O3/c1-20-7-9-23(10-8-20)31-26(19-25(28-31)21-5-3-2-4-6-21)27(33)30-17-15-29(16-18-30)22-11-13-24(14-12-22)32(34)35/h2-14,19H,15-18H2,1H3. The van der Waals surface area contributed by atoms with Gasteiger partial charge in [-0.1, -0.05) is 48.0 Å². The zero-order valence-electron chi connectivity index (χ0n) is 19.4. The number of carbonyl (C=O) groups is 1. The SMILES string of the molecule is Cc1ccc(-n2nc(-c3ccccc3)cc2C(=O)N2CCN(c3ccc([N+](=O)[O-])cc3)CC2)cc1. The second kappa shape index (κ2) is 9.42. The van der Waals surface area contributed by atoms with Gasteiger partial charge >= 0.3 is 0 Å². The van der Waals surface area contributed by atoms with Gasteiger partial charge in [0.2, 0.25) is 0 Å². The van der Waals surface area contributed by atoms with Crippen molar-refractivity contribution in [1.82, 2.24) is 14.7 Å². The van der Waals surface area contributed by atoms with Gasteiger partial charge in [-0.25, -0.2) is 4.68 Å². The Labute approximate surface area is 203 Å². The Kier molecular flexibility index (Phi) is 6.01. The third-order valence-corrected chi connectivity index (χ3v) is 6.27. The minimum absolute atomic E-state index is 0.0661. The average molecular weight is 468 g/mol. The molecule has 1 amide bonds. The number of nitro groups is 1. The van der Waals surface area contributed by atoms with E-state index in [0.29, 0.717) is 31.9 Å². The van der Waals surface area contributed by atoms with Crippen LogP contribution in [-0.2, 0) is 0 Å². The zero-order chi connectivity index (χ0) is 24.4. The van der Waals surface area contributed by atoms with Crippen LogP contribution in [0.1, 0.15) is 16.1 Å². The number of amides is 1. The summed E-state index contributed by atoms with van der Waals surface area (Å²) in [6.07, 6.45) is 0. The fourth-order valence-corrected chi connectivity index (χ4v) is 4.28. The molecule has 4 aromatic rings. The van der Waals surface area contributed by atoms with Gasteiger partial charge in [0.05, 0.1) is 16.3 Å². The van der Waals surface area contributed by atoms with Crippen LogP contribution in [0.5, 0.6) is 0 Å². The first kappa shape index (κ1) is 22.3. The molecule has 0 saturated carbocycles. The lowest BCUT2D eigenvalue weighted by Crippen LogP contribution is -2.49. The molecule has 35 heavy (non-hydrogen) atoms. The first-order valence-electron chi connectivity index (χ1n) is 11.5. The molecule has 0 bridgehead atoms. The summed E-state index contributed by atoms with van der Waals surface area (Å²) in [7, 11) is 0. The molecule has 1 aromatic heterocycles. The first-order chi connectivity index (χ1) is 17.0. The van der Waals surface area contributed by atoms with E-state index in [0.717, 1.165) is 28.2 Å². The molecule has 0 aliphatic carbocycles. The molecule has 8 heteroatoms. The van der Waals surface area contributed by atoms with Gasteiger partial charge in [-0.2, -0.15) is 5.10 Å². The van der Waals surface area contributed by atoms with Gasteiger partial charge in [0.25, 0.3) is 11.6 Å². The second-order valence-electron chi connectivity index (χ2n) is 8.58. The second-order valence-corrected chi connectivity index (χ2v) is 8.58. The lowest BCUT2D eigenvalue weighted by atomic mass is 10.1. The van der Waals surface area contributed by atoms with E-state index in [1.807, 2.05) is 72.5 Å². The van der Waals surface area contributed by atoms with Gasteiger partial charge in [-0.15, -0.1) is 0 Å². The highest BCUT2D eigenvalue weighted by Crippen LogP contribution is 2.25. The van der Waals surface area contributed by atoms with Crippen LogP contribution < -0.4 is 4.90 Å². The molecule has 8 nitrogen and oxygen atoms in total. The number of rotatable bonds is 5. The fraction of sp³-hybridized carbons (Fsp3) is 0.185. The van der Waals surface area contributed by atoms with Crippen LogP contribution in [0.15, 0.2) is 84.9 Å². The maximum atomic E-state index is 13.6. The van der Waals surface area contributed by atoms with Crippen molar-refractivity contribution in [2.24, 2.45) is 0 Å². The minimum Gasteiger partial charge on any atom is -0.368 e. The third-order valence-electron chi connectivity index (χ3n) is 6.27. The van der Waals surface area contributed by atoms with Crippen LogP contribution in [0.2, 0.25) is 0 Å². The summed E-state index contributed by atoms with van der Waals surface area (Å²) in [6.45, 7) is 4.42. The molecule has 1 saturated heterocycles. The molecule has 1 aliphatic heterocycles. The number of nitrogens with zero attached hydrogens (tertiary/aromatic N) is 5. The summed E-state index contributed by atoms with van der Waals surface area (Å²) < 4.78 is 1.73. The molecule has 2 heterocycles. The van der Waals surface area contributed by atoms with Crippen LogP contribution in [-0.4, -0.2) is 51.7 Å². The maximum Gasteiger partial charge on any atom is 0.272 e. The van der Waals surface area contributed by atoms with Gasteiger partial charge in [0.1, 0.15) is 5.69 Å². The van der Waals surface area contributed by atoms with Crippen molar-refractivity contribution in [2.75, 3.05) is 31.1 Å². The molecular formula is C27H25N5O3. The van der Waals surface area contributed by atoms with Crippen molar-refractivity contribution in [2.45, 2.75) is 6.92 Å². The normalized spacial score (nSPS) is 13.6. The number of non-ortho nitro benzene ring substituents is 1. The Balaban J connectivity index is 1.38. The summed E-state index contributed by atoms with van der Waals surface area (Å²) in [5.74, 6) is -0.0661. The maximum absolute atomic E-state index is 13.6. The van der Waals surface area contributed by atoms with E-state index < -0.39 is 4.92 Å². The summed E-state index contributed by atoms with van der Waals surface area (Å²) in [5.41, 5.74) is 5.19. The Morgan fingerprint density at radius 3 is 2.11 bits per heavy atom. The van der Waals surface area contributed by atoms with Crippen molar-refractivity contribution in [1.29, 1.82) is 0 Å². The predicted octanol–water partition coefficient (Wildman–Crippen LogP) is 4.72. The Hall–Kier alpha value is -4.46. The van der Waals surface area contributed by atoms with Crippen molar-refractivity contribution in [3.8, 4) is 16.9 Å². The molecule has 0 spiro atoms. The number of carbonyl (C=O) groups excluding carboxylic acids is 1. The van der Waals surface area contributed by atoms with E-state index in [1.54, 1.807) is 16.8 Å². The van der Waals surface area contributed by atoms with Crippen LogP contribution in [0.4, 0.5) is 11.4 Å². The fourth-order valence-electron chi connectivity index (χ4n) is 4.28. The van der Waals surface area contributed by atoms with E-state index in [2.05, 4.69) is 4.90 Å². The summed E-state index contributed by atoms with van der Waals surface area (Å²) >= 11 is 0. The van der Waals surface area contributed by atoms with E-state index >= 15 is 0 Å². The number of hydrogen-bond acceptors (Lipinski definition) is 5. The molecule has 0 radical (unpaired) electrons. The molecule has 0 unspecified atom stereocenters. The number of anilines is 1. The molecule has 1 aliphatic rings. The van der Waals surface area contributed by atoms with Crippen molar-refractivity contribution >= 4 is 17.3 Å². The summed E-state index contributed by atoms with van der Waals surface area (Å²) in [4.78, 5) is 28.1. The number of nitro benzene ring substituents is 1. The largest absolute Gasteiger partial charge is 0.368 e. The lowest BCUT2D eigenvalue weighted by Gasteiger charge is -2.36. The van der Waals surface area contributed by atoms with Crippen LogP contribution in [0.3, 0.4) is 0 Å². The van der Waals surface area contributed by atoms with E-state index in [9.17, 15) is 14.9 Å². The third kappa shape index (κ3) is 4.63. The summed E-state index contributed by atoms with van der Waals surface area (Å²) in [5, 5.41) is 15.7. The first-order valence-corrected chi connectivity index (χ1v) is 11.5. The predicted molar refractivity (Wildman–Crippen MR) is 135 cm³/mol. The van der Waals surface area contributed by atoms with Gasteiger partial charge in [0, 0.05) is 49.6 Å². The lowest BCUT2D eigenvalue weighted by molar-refractivity contribution is -0.384. The Bertz CT molecular complexity index is 1340. The number of piperazine rings is 1. The Morgan fingerprint density at radius 1 is 0.857 bits per heavy atom. The molecule has 1 fully saturated rings. The van der Waals surface area contributed by atoms with Gasteiger partial charge in [-0.3, -0.25) is 14.9 Å². The number of aromatic nitrogens is 2. The highest BCUT2D eigenvalue weighted by atomic mass is 16.6. The van der Waals surface area contributed by atoms with Crippen LogP contribution >= 0.6 is 0 Å². The van der Waals surface area contributed by atoms with Gasteiger partial charge in [0.15, 0.2) is 0 Å². The molecule has 0 atom stereocenters.